The van der Waals surface area contributed by atoms with E-state index in [1.165, 1.54) is 31.3 Å². The molecule has 0 saturated heterocycles. The number of hydrogen-bond donors (Lipinski definition) is 0. The monoisotopic (exact) mass is 174 g/mol. The van der Waals surface area contributed by atoms with Gasteiger partial charge in [-0.2, -0.15) is 0 Å². The zero-order chi connectivity index (χ0) is 8.93. The zero-order valence-electron chi connectivity index (χ0n) is 7.74. The molecular formula is C11H14N2. The summed E-state index contributed by atoms with van der Waals surface area (Å²) in [7, 11) is 0. The second kappa shape index (κ2) is 4.17. The summed E-state index contributed by atoms with van der Waals surface area (Å²) in [4.78, 5) is 8.44. The predicted molar refractivity (Wildman–Crippen MR) is 52.3 cm³/mol. The smallest absolute Gasteiger partial charge is 0.132 e. The number of aromatic nitrogens is 2. The third-order valence-electron chi connectivity index (χ3n) is 2.39. The molecule has 0 radical (unpaired) electrons. The summed E-state index contributed by atoms with van der Waals surface area (Å²) < 4.78 is 0. The molecule has 0 atom stereocenters. The number of rotatable bonds is 2. The molecule has 0 N–H and O–H groups in total. The van der Waals surface area contributed by atoms with E-state index in [2.05, 4.69) is 16.0 Å². The van der Waals surface area contributed by atoms with Crippen LogP contribution in [0.1, 0.15) is 31.5 Å². The SMILES string of the molecule is C1=C(Cc2ncccn2)CCCC1. The summed E-state index contributed by atoms with van der Waals surface area (Å²) in [5.41, 5.74) is 1.51. The van der Waals surface area contributed by atoms with Crippen molar-refractivity contribution in [3.05, 3.63) is 35.9 Å². The van der Waals surface area contributed by atoms with Crippen LogP contribution in [0.15, 0.2) is 30.1 Å². The number of hydrogen-bond acceptors (Lipinski definition) is 2. The molecule has 1 aliphatic rings. The van der Waals surface area contributed by atoms with Crippen LogP contribution in [0.4, 0.5) is 0 Å². The molecule has 1 heterocycles. The molecule has 68 valence electrons. The molecule has 2 heteroatoms. The molecule has 0 aliphatic heterocycles. The average molecular weight is 174 g/mol. The zero-order valence-corrected chi connectivity index (χ0v) is 7.74. The Bertz CT molecular complexity index is 290. The van der Waals surface area contributed by atoms with Crippen molar-refractivity contribution in [2.24, 2.45) is 0 Å². The minimum atomic E-state index is 0.945. The lowest BCUT2D eigenvalue weighted by molar-refractivity contribution is 0.682. The van der Waals surface area contributed by atoms with Crippen LogP contribution in [0.5, 0.6) is 0 Å². The van der Waals surface area contributed by atoms with Crippen LogP contribution in [0.3, 0.4) is 0 Å². The van der Waals surface area contributed by atoms with Crippen LogP contribution in [0.2, 0.25) is 0 Å². The van der Waals surface area contributed by atoms with Crippen molar-refractivity contribution in [1.82, 2.24) is 9.97 Å². The Balaban J connectivity index is 2.01. The number of allylic oxidation sites excluding steroid dienone is 2. The molecule has 2 rings (SSSR count). The first-order chi connectivity index (χ1) is 6.45. The van der Waals surface area contributed by atoms with Gasteiger partial charge in [-0.1, -0.05) is 11.6 Å². The van der Waals surface area contributed by atoms with E-state index in [0.29, 0.717) is 0 Å². The maximum absolute atomic E-state index is 4.22. The molecule has 1 aliphatic carbocycles. The van der Waals surface area contributed by atoms with Gasteiger partial charge in [-0.05, 0) is 31.7 Å². The van der Waals surface area contributed by atoms with E-state index in [1.54, 1.807) is 0 Å². The molecule has 0 unspecified atom stereocenters. The maximum atomic E-state index is 4.22. The highest BCUT2D eigenvalue weighted by atomic mass is 14.8. The molecule has 0 fully saturated rings. The minimum Gasteiger partial charge on any atom is -0.241 e. The number of nitrogens with zero attached hydrogens (tertiary/aromatic N) is 2. The highest BCUT2D eigenvalue weighted by molar-refractivity contribution is 5.11. The molecule has 1 aromatic heterocycles. The van der Waals surface area contributed by atoms with Crippen molar-refractivity contribution >= 4 is 0 Å². The highest BCUT2D eigenvalue weighted by Crippen LogP contribution is 2.19. The average Bonchev–Trinajstić information content (AvgIpc) is 2.21. The second-order valence-corrected chi connectivity index (χ2v) is 3.45. The van der Waals surface area contributed by atoms with Gasteiger partial charge in [-0.25, -0.2) is 9.97 Å². The van der Waals surface area contributed by atoms with Gasteiger partial charge < -0.3 is 0 Å². The van der Waals surface area contributed by atoms with E-state index >= 15 is 0 Å². The Kier molecular flexibility index (Phi) is 2.70. The van der Waals surface area contributed by atoms with Gasteiger partial charge in [-0.15, -0.1) is 0 Å². The fourth-order valence-electron chi connectivity index (χ4n) is 1.69. The maximum Gasteiger partial charge on any atom is 0.132 e. The molecule has 13 heavy (non-hydrogen) atoms. The first-order valence-electron chi connectivity index (χ1n) is 4.89. The van der Waals surface area contributed by atoms with Crippen molar-refractivity contribution in [2.45, 2.75) is 32.1 Å². The van der Waals surface area contributed by atoms with Gasteiger partial charge in [0.25, 0.3) is 0 Å². The molecular weight excluding hydrogens is 160 g/mol. The standard InChI is InChI=1S/C11H14N2/c1-2-5-10(6-3-1)9-11-12-7-4-8-13-11/h4-5,7-8H,1-3,6,9H2. The first kappa shape index (κ1) is 8.42. The molecule has 2 nitrogen and oxygen atoms in total. The normalized spacial score (nSPS) is 16.8. The second-order valence-electron chi connectivity index (χ2n) is 3.45. The summed E-state index contributed by atoms with van der Waals surface area (Å²) in [5.74, 6) is 0.954. The van der Waals surface area contributed by atoms with Crippen molar-refractivity contribution in [3.63, 3.8) is 0 Å². The Labute approximate surface area is 78.7 Å². The van der Waals surface area contributed by atoms with Gasteiger partial charge >= 0.3 is 0 Å². The third-order valence-corrected chi connectivity index (χ3v) is 2.39. The molecule has 1 aromatic rings. The Morgan fingerprint density at radius 1 is 1.15 bits per heavy atom. The topological polar surface area (TPSA) is 25.8 Å². The molecule has 0 amide bonds. The predicted octanol–water partition coefficient (Wildman–Crippen LogP) is 2.52. The Morgan fingerprint density at radius 3 is 2.69 bits per heavy atom. The van der Waals surface area contributed by atoms with Crippen LogP contribution in [-0.2, 0) is 6.42 Å². The van der Waals surface area contributed by atoms with E-state index in [9.17, 15) is 0 Å². The van der Waals surface area contributed by atoms with Crippen LogP contribution in [0.25, 0.3) is 0 Å². The highest BCUT2D eigenvalue weighted by Gasteiger charge is 2.05. The molecule has 0 bridgehead atoms. The van der Waals surface area contributed by atoms with E-state index in [0.717, 1.165) is 12.2 Å². The lowest BCUT2D eigenvalue weighted by Crippen LogP contribution is -1.99. The van der Waals surface area contributed by atoms with Crippen LogP contribution < -0.4 is 0 Å². The molecule has 0 aromatic carbocycles. The summed E-state index contributed by atoms with van der Waals surface area (Å²) in [5, 5.41) is 0. The van der Waals surface area contributed by atoms with Crippen LogP contribution in [-0.4, -0.2) is 9.97 Å². The lowest BCUT2D eigenvalue weighted by atomic mass is 9.97. The van der Waals surface area contributed by atoms with Crippen LogP contribution in [0, 0.1) is 0 Å². The molecule has 0 spiro atoms. The van der Waals surface area contributed by atoms with Gasteiger partial charge in [0.05, 0.1) is 0 Å². The van der Waals surface area contributed by atoms with Gasteiger partial charge in [0.2, 0.25) is 0 Å². The van der Waals surface area contributed by atoms with Gasteiger partial charge in [-0.3, -0.25) is 0 Å². The van der Waals surface area contributed by atoms with Crippen molar-refractivity contribution in [3.8, 4) is 0 Å². The van der Waals surface area contributed by atoms with E-state index < -0.39 is 0 Å². The van der Waals surface area contributed by atoms with Gasteiger partial charge in [0, 0.05) is 18.8 Å². The first-order valence-corrected chi connectivity index (χ1v) is 4.89. The summed E-state index contributed by atoms with van der Waals surface area (Å²) in [6.07, 6.45) is 12.1. The Hall–Kier alpha value is -1.18. The van der Waals surface area contributed by atoms with E-state index in [1.807, 2.05) is 18.5 Å². The third kappa shape index (κ3) is 2.38. The van der Waals surface area contributed by atoms with E-state index in [4.69, 9.17) is 0 Å². The fraction of sp³-hybridized carbons (Fsp3) is 0.455. The minimum absolute atomic E-state index is 0.945. The summed E-state index contributed by atoms with van der Waals surface area (Å²) >= 11 is 0. The van der Waals surface area contributed by atoms with Crippen molar-refractivity contribution in [1.29, 1.82) is 0 Å². The van der Waals surface area contributed by atoms with Gasteiger partial charge in [0.15, 0.2) is 0 Å². The fourth-order valence-corrected chi connectivity index (χ4v) is 1.69. The molecule has 0 saturated carbocycles. The van der Waals surface area contributed by atoms with Crippen LogP contribution >= 0.6 is 0 Å². The van der Waals surface area contributed by atoms with Gasteiger partial charge in [0.1, 0.15) is 5.82 Å². The van der Waals surface area contributed by atoms with E-state index in [-0.39, 0.29) is 0 Å². The largest absolute Gasteiger partial charge is 0.241 e. The van der Waals surface area contributed by atoms with Crippen molar-refractivity contribution in [2.75, 3.05) is 0 Å². The quantitative estimate of drug-likeness (QED) is 0.644. The summed E-state index contributed by atoms with van der Waals surface area (Å²) in [6.45, 7) is 0. The Morgan fingerprint density at radius 2 is 2.00 bits per heavy atom. The van der Waals surface area contributed by atoms with Crippen molar-refractivity contribution < 1.29 is 0 Å². The summed E-state index contributed by atoms with van der Waals surface area (Å²) in [6, 6.07) is 1.86. The lowest BCUT2D eigenvalue weighted by Gasteiger charge is -2.11.